The summed E-state index contributed by atoms with van der Waals surface area (Å²) in [6.07, 6.45) is 17.0. The number of hydrogen-bond acceptors (Lipinski definition) is 3. The summed E-state index contributed by atoms with van der Waals surface area (Å²) in [6, 6.07) is 0. The van der Waals surface area contributed by atoms with Crippen molar-refractivity contribution in [1.29, 1.82) is 0 Å². The van der Waals surface area contributed by atoms with Crippen LogP contribution >= 0.6 is 0 Å². The van der Waals surface area contributed by atoms with Gasteiger partial charge < -0.3 is 9.84 Å². The minimum atomic E-state index is -0.548. The van der Waals surface area contributed by atoms with Crippen molar-refractivity contribution in [1.82, 2.24) is 0 Å². The van der Waals surface area contributed by atoms with Crippen LogP contribution in [0, 0.1) is 23.2 Å². The van der Waals surface area contributed by atoms with E-state index in [0.29, 0.717) is 17.3 Å². The van der Waals surface area contributed by atoms with E-state index >= 15 is 0 Å². The molecule has 3 nitrogen and oxygen atoms in total. The van der Waals surface area contributed by atoms with Gasteiger partial charge >= 0.3 is 5.97 Å². The number of ether oxygens (including phenoxy) is 1. The number of fused-ring (bicyclic) bond motifs is 1. The molecule has 0 aromatic carbocycles. The van der Waals surface area contributed by atoms with Gasteiger partial charge in [-0.1, -0.05) is 56.6 Å². The molecule has 3 fully saturated rings. The first-order chi connectivity index (χ1) is 15.0. The highest BCUT2D eigenvalue weighted by Gasteiger charge is 2.50. The Kier molecular flexibility index (Phi) is 8.12. The maximum atomic E-state index is 11.4. The summed E-state index contributed by atoms with van der Waals surface area (Å²) in [4.78, 5) is 11.4. The van der Waals surface area contributed by atoms with Crippen LogP contribution in [0.3, 0.4) is 0 Å². The van der Waals surface area contributed by atoms with E-state index in [2.05, 4.69) is 32.6 Å². The maximum absolute atomic E-state index is 11.4. The molecule has 180 valence electrons. The van der Waals surface area contributed by atoms with E-state index < -0.39 is 5.60 Å². The smallest absolute Gasteiger partial charge is 0.302 e. The summed E-state index contributed by atoms with van der Waals surface area (Å²) in [5.74, 6) is 2.00. The third-order valence-electron chi connectivity index (χ3n) is 8.67. The molecule has 0 radical (unpaired) electrons. The minimum absolute atomic E-state index is 0.000111. The van der Waals surface area contributed by atoms with Gasteiger partial charge in [0.25, 0.3) is 0 Å². The Hall–Kier alpha value is -1.35. The number of hydrogen-bond donors (Lipinski definition) is 1. The van der Waals surface area contributed by atoms with Gasteiger partial charge in [0, 0.05) is 13.3 Å². The molecular weight excluding hydrogens is 396 g/mol. The highest BCUT2D eigenvalue weighted by Crippen LogP contribution is 2.60. The molecule has 1 unspecified atom stereocenters. The van der Waals surface area contributed by atoms with Crippen LogP contribution in [0.15, 0.2) is 35.5 Å². The molecule has 0 amide bonds. The summed E-state index contributed by atoms with van der Waals surface area (Å²) in [5.41, 5.74) is 3.94. The minimum Gasteiger partial charge on any atom is -0.462 e. The van der Waals surface area contributed by atoms with Crippen molar-refractivity contribution >= 4 is 5.97 Å². The summed E-state index contributed by atoms with van der Waals surface area (Å²) in [6.45, 7) is 14.6. The van der Waals surface area contributed by atoms with Gasteiger partial charge in [-0.15, -0.1) is 0 Å². The van der Waals surface area contributed by atoms with Crippen molar-refractivity contribution in [3.05, 3.63) is 35.5 Å². The van der Waals surface area contributed by atoms with Gasteiger partial charge in [0.05, 0.1) is 5.60 Å². The topological polar surface area (TPSA) is 46.5 Å². The predicted molar refractivity (Wildman–Crippen MR) is 132 cm³/mol. The first-order valence-corrected chi connectivity index (χ1v) is 13.0. The maximum Gasteiger partial charge on any atom is 0.302 e. The Morgan fingerprint density at radius 2 is 2.03 bits per heavy atom. The molecule has 0 aliphatic heterocycles. The summed E-state index contributed by atoms with van der Waals surface area (Å²) >= 11 is 0. The highest BCUT2D eigenvalue weighted by atomic mass is 16.5. The van der Waals surface area contributed by atoms with E-state index in [-0.39, 0.29) is 12.1 Å². The number of rotatable bonds is 7. The van der Waals surface area contributed by atoms with Crippen LogP contribution in [0.2, 0.25) is 0 Å². The van der Waals surface area contributed by atoms with Crippen molar-refractivity contribution in [2.75, 3.05) is 0 Å². The average molecular weight is 443 g/mol. The van der Waals surface area contributed by atoms with Crippen LogP contribution in [-0.4, -0.2) is 22.8 Å². The predicted octanol–water partition coefficient (Wildman–Crippen LogP) is 7.30. The highest BCUT2D eigenvalue weighted by molar-refractivity contribution is 5.66. The van der Waals surface area contributed by atoms with Gasteiger partial charge in [0.1, 0.15) is 6.10 Å². The lowest BCUT2D eigenvalue weighted by Gasteiger charge is -2.44. The molecule has 3 saturated carbocycles. The van der Waals surface area contributed by atoms with Crippen LogP contribution < -0.4 is 0 Å². The van der Waals surface area contributed by atoms with Crippen LogP contribution in [0.4, 0.5) is 0 Å². The number of carbonyl (C=O) groups excluding carboxylic acids is 1. The summed E-state index contributed by atoms with van der Waals surface area (Å²) in [5, 5.41) is 10.1. The molecule has 0 spiro atoms. The molecule has 5 atom stereocenters. The lowest BCUT2D eigenvalue weighted by atomic mass is 9.60. The van der Waals surface area contributed by atoms with E-state index in [1.54, 1.807) is 5.57 Å². The Morgan fingerprint density at radius 1 is 1.28 bits per heavy atom. The molecule has 3 aliphatic carbocycles. The second kappa shape index (κ2) is 10.3. The monoisotopic (exact) mass is 442 g/mol. The first-order valence-electron chi connectivity index (χ1n) is 13.0. The first kappa shape index (κ1) is 25.3. The van der Waals surface area contributed by atoms with Crippen molar-refractivity contribution in [2.24, 2.45) is 23.2 Å². The van der Waals surface area contributed by atoms with E-state index in [1.165, 1.54) is 56.6 Å². The molecule has 32 heavy (non-hydrogen) atoms. The quantitative estimate of drug-likeness (QED) is 0.421. The number of carbonyl (C=O) groups is 1. The number of esters is 1. The molecular formula is C29H46O3. The Bertz CT molecular complexity index is 753. The summed E-state index contributed by atoms with van der Waals surface area (Å²) in [7, 11) is 0. The van der Waals surface area contributed by atoms with Crippen LogP contribution in [-0.2, 0) is 9.53 Å². The van der Waals surface area contributed by atoms with Crippen molar-refractivity contribution in [2.45, 2.75) is 117 Å². The lowest BCUT2D eigenvalue weighted by molar-refractivity contribution is -0.146. The fourth-order valence-corrected chi connectivity index (χ4v) is 6.99. The zero-order chi connectivity index (χ0) is 23.5. The zero-order valence-electron chi connectivity index (χ0n) is 21.2. The van der Waals surface area contributed by atoms with Gasteiger partial charge in [-0.3, -0.25) is 4.79 Å². The Balaban J connectivity index is 1.68. The zero-order valence-corrected chi connectivity index (χ0v) is 21.2. The van der Waals surface area contributed by atoms with Gasteiger partial charge in [-0.05, 0) is 94.0 Å². The van der Waals surface area contributed by atoms with Crippen molar-refractivity contribution in [3.8, 4) is 0 Å². The van der Waals surface area contributed by atoms with Gasteiger partial charge in [0.2, 0.25) is 0 Å². The second-order valence-corrected chi connectivity index (χ2v) is 11.8. The third kappa shape index (κ3) is 6.16. The molecule has 0 heterocycles. The van der Waals surface area contributed by atoms with E-state index in [4.69, 9.17) is 4.74 Å². The molecule has 1 N–H and O–H groups in total. The number of allylic oxidation sites excluding steroid dienone is 4. The van der Waals surface area contributed by atoms with Gasteiger partial charge in [-0.2, -0.15) is 0 Å². The SMILES string of the molecule is C=C1CC[C@H](OC(C)=O)C/C1=C/C=C1CCC[C@@]2(C)C1CC[C@@H]2[C@H](C)CCCC(C)(C)O. The number of aliphatic hydroxyl groups is 1. The van der Waals surface area contributed by atoms with Crippen LogP contribution in [0.1, 0.15) is 105 Å². The normalized spacial score (nSPS) is 34.6. The van der Waals surface area contributed by atoms with E-state index in [1.807, 2.05) is 13.8 Å². The molecule has 0 aromatic rings. The molecule has 3 rings (SSSR count). The van der Waals surface area contributed by atoms with E-state index in [9.17, 15) is 9.90 Å². The summed E-state index contributed by atoms with van der Waals surface area (Å²) < 4.78 is 5.48. The largest absolute Gasteiger partial charge is 0.462 e. The third-order valence-corrected chi connectivity index (χ3v) is 8.67. The molecule has 0 saturated heterocycles. The molecule has 3 aliphatic rings. The van der Waals surface area contributed by atoms with Crippen molar-refractivity contribution < 1.29 is 14.6 Å². The van der Waals surface area contributed by atoms with E-state index in [0.717, 1.165) is 38.0 Å². The fourth-order valence-electron chi connectivity index (χ4n) is 6.99. The molecule has 3 heteroatoms. The van der Waals surface area contributed by atoms with Gasteiger partial charge in [0.15, 0.2) is 0 Å². The Labute approximate surface area is 196 Å². The van der Waals surface area contributed by atoms with Crippen LogP contribution in [0.5, 0.6) is 0 Å². The average Bonchev–Trinajstić information content (AvgIpc) is 3.04. The van der Waals surface area contributed by atoms with Crippen molar-refractivity contribution in [3.63, 3.8) is 0 Å². The molecule has 0 aromatic heterocycles. The molecule has 0 bridgehead atoms. The lowest BCUT2D eigenvalue weighted by Crippen LogP contribution is -2.36. The fraction of sp³-hybridized carbons (Fsp3) is 0.759. The second-order valence-electron chi connectivity index (χ2n) is 11.8. The van der Waals surface area contributed by atoms with Crippen LogP contribution in [0.25, 0.3) is 0 Å². The standard InChI is InChI=1S/C29H46O3/c1-20-11-14-25(32-22(3)30)19-24(20)13-12-23-10-8-18-29(6)26(15-16-27(23)29)21(2)9-7-17-28(4,5)31/h12-13,21,25-27,31H,1,7-11,14-19H2,2-6H3/b23-12?,24-13-/t21-,25+,26-,27?,29-/m1/s1. The van der Waals surface area contributed by atoms with Gasteiger partial charge in [-0.25, -0.2) is 0 Å². The Morgan fingerprint density at radius 3 is 2.72 bits per heavy atom.